The van der Waals surface area contributed by atoms with Crippen LogP contribution >= 0.6 is 11.3 Å². The first-order chi connectivity index (χ1) is 7.07. The lowest BCUT2D eigenvalue weighted by Crippen LogP contribution is -2.25. The van der Waals surface area contributed by atoms with Gasteiger partial charge in [0.15, 0.2) is 9.84 Å². The Morgan fingerprint density at radius 3 is 2.93 bits per heavy atom. The Morgan fingerprint density at radius 2 is 2.27 bits per heavy atom. The van der Waals surface area contributed by atoms with E-state index in [2.05, 4.69) is 5.32 Å². The number of nitrogens with one attached hydrogen (secondary N) is 1. The molecule has 0 spiro atoms. The van der Waals surface area contributed by atoms with Crippen LogP contribution in [0, 0.1) is 5.92 Å². The summed E-state index contributed by atoms with van der Waals surface area (Å²) in [6, 6.07) is 3.94. The molecule has 84 valence electrons. The van der Waals surface area contributed by atoms with Crippen molar-refractivity contribution in [1.82, 2.24) is 5.32 Å². The first kappa shape index (κ1) is 11.1. The fraction of sp³-hybridized carbons (Fsp3) is 0.600. The topological polar surface area (TPSA) is 46.2 Å². The number of hydrogen-bond donors (Lipinski definition) is 1. The van der Waals surface area contributed by atoms with Crippen LogP contribution in [0.1, 0.15) is 17.8 Å². The Balaban J connectivity index is 2.21. The first-order valence-electron chi connectivity index (χ1n) is 5.04. The van der Waals surface area contributed by atoms with E-state index in [1.165, 1.54) is 0 Å². The summed E-state index contributed by atoms with van der Waals surface area (Å²) in [7, 11) is -2.90. The molecule has 0 aromatic carbocycles. The lowest BCUT2D eigenvalue weighted by atomic mass is 10.2. The largest absolute Gasteiger partial charge is 0.308 e. The summed E-state index contributed by atoms with van der Waals surface area (Å²) in [6.45, 7) is 2.75. The maximum Gasteiger partial charge on any atom is 0.152 e. The van der Waals surface area contributed by atoms with Crippen molar-refractivity contribution >= 4 is 21.2 Å². The summed E-state index contributed by atoms with van der Waals surface area (Å²) in [6.07, 6.45) is 0. The highest BCUT2D eigenvalue weighted by Gasteiger charge is 2.27. The molecule has 15 heavy (non-hydrogen) atoms. The van der Waals surface area contributed by atoms with Crippen molar-refractivity contribution in [2.45, 2.75) is 13.0 Å². The fourth-order valence-corrected chi connectivity index (χ4v) is 4.72. The minimum absolute atomic E-state index is 0.0139. The van der Waals surface area contributed by atoms with Crippen LogP contribution in [0.15, 0.2) is 17.5 Å². The average Bonchev–Trinajstić information content (AvgIpc) is 2.59. The molecule has 3 nitrogen and oxygen atoms in total. The molecule has 1 aromatic rings. The van der Waals surface area contributed by atoms with Gasteiger partial charge in [-0.1, -0.05) is 13.0 Å². The van der Waals surface area contributed by atoms with Crippen LogP contribution in [0.25, 0.3) is 0 Å². The Morgan fingerprint density at radius 1 is 1.47 bits per heavy atom. The van der Waals surface area contributed by atoms with E-state index < -0.39 is 9.84 Å². The molecule has 2 atom stereocenters. The normalized spacial score (nSPS) is 31.0. The molecule has 2 rings (SSSR count). The second-order valence-corrected chi connectivity index (χ2v) is 7.29. The van der Waals surface area contributed by atoms with Gasteiger partial charge in [-0.25, -0.2) is 8.42 Å². The molecule has 2 unspecified atom stereocenters. The maximum atomic E-state index is 11.8. The zero-order valence-corrected chi connectivity index (χ0v) is 10.3. The van der Waals surface area contributed by atoms with Gasteiger partial charge < -0.3 is 5.32 Å². The van der Waals surface area contributed by atoms with Crippen molar-refractivity contribution in [3.05, 3.63) is 22.4 Å². The van der Waals surface area contributed by atoms with Gasteiger partial charge >= 0.3 is 0 Å². The van der Waals surface area contributed by atoms with Crippen LogP contribution in [0.5, 0.6) is 0 Å². The molecule has 1 aliphatic heterocycles. The highest BCUT2D eigenvalue weighted by Crippen LogP contribution is 2.23. The van der Waals surface area contributed by atoms with Crippen LogP contribution in [0.2, 0.25) is 0 Å². The Kier molecular flexibility index (Phi) is 3.13. The summed E-state index contributed by atoms with van der Waals surface area (Å²) < 4.78 is 23.5. The molecular weight excluding hydrogens is 230 g/mol. The van der Waals surface area contributed by atoms with Crippen molar-refractivity contribution in [3.8, 4) is 0 Å². The second kappa shape index (κ2) is 4.23. The van der Waals surface area contributed by atoms with Gasteiger partial charge in [0.2, 0.25) is 0 Å². The molecule has 1 aliphatic rings. The third-order valence-electron chi connectivity index (χ3n) is 2.56. The molecule has 1 saturated heterocycles. The number of sulfone groups is 1. The van der Waals surface area contributed by atoms with Gasteiger partial charge in [-0.2, -0.15) is 0 Å². The highest BCUT2D eigenvalue weighted by atomic mass is 32.2. The van der Waals surface area contributed by atoms with Crippen molar-refractivity contribution in [2.75, 3.05) is 18.1 Å². The Hall–Kier alpha value is -0.390. The molecule has 1 fully saturated rings. The lowest BCUT2D eigenvalue weighted by Gasteiger charge is -2.13. The van der Waals surface area contributed by atoms with Crippen LogP contribution < -0.4 is 5.32 Å². The molecule has 1 N–H and O–H groups in total. The molecule has 0 radical (unpaired) electrons. The van der Waals surface area contributed by atoms with Crippen LogP contribution in [-0.2, 0) is 9.84 Å². The Bertz CT molecular complexity index is 411. The summed E-state index contributed by atoms with van der Waals surface area (Å²) in [5.74, 6) is 0.750. The third-order valence-corrected chi connectivity index (χ3v) is 5.46. The zero-order valence-electron chi connectivity index (χ0n) is 8.64. The first-order valence-corrected chi connectivity index (χ1v) is 7.74. The summed E-state index contributed by atoms with van der Waals surface area (Å²) in [5, 5.41) is 5.30. The van der Waals surface area contributed by atoms with Gasteiger partial charge in [-0.05, 0) is 23.9 Å². The van der Waals surface area contributed by atoms with Gasteiger partial charge in [-0.15, -0.1) is 11.3 Å². The monoisotopic (exact) mass is 245 g/mol. The predicted octanol–water partition coefficient (Wildman–Crippen LogP) is 1.44. The van der Waals surface area contributed by atoms with Crippen molar-refractivity contribution in [3.63, 3.8) is 0 Å². The summed E-state index contributed by atoms with van der Waals surface area (Å²) in [4.78, 5) is 1.12. The van der Waals surface area contributed by atoms with Crippen LogP contribution in [-0.4, -0.2) is 26.5 Å². The SMILES string of the molecule is CC1CNC(c2cccs2)CS(=O)(=O)C1. The molecule has 0 bridgehead atoms. The van der Waals surface area contributed by atoms with Crippen molar-refractivity contribution in [1.29, 1.82) is 0 Å². The Labute approximate surface area is 94.4 Å². The maximum absolute atomic E-state index is 11.8. The highest BCUT2D eigenvalue weighted by molar-refractivity contribution is 7.91. The van der Waals surface area contributed by atoms with E-state index in [1.54, 1.807) is 11.3 Å². The van der Waals surface area contributed by atoms with Gasteiger partial charge in [0.25, 0.3) is 0 Å². The average molecular weight is 245 g/mol. The lowest BCUT2D eigenvalue weighted by molar-refractivity contribution is 0.522. The minimum Gasteiger partial charge on any atom is -0.308 e. The zero-order chi connectivity index (χ0) is 10.9. The van der Waals surface area contributed by atoms with E-state index in [0.717, 1.165) is 11.4 Å². The molecule has 2 heterocycles. The van der Waals surface area contributed by atoms with E-state index in [4.69, 9.17) is 0 Å². The summed E-state index contributed by atoms with van der Waals surface area (Å²) >= 11 is 1.61. The van der Waals surface area contributed by atoms with Crippen LogP contribution in [0.3, 0.4) is 0 Å². The number of rotatable bonds is 1. The quantitative estimate of drug-likeness (QED) is 0.814. The molecular formula is C10H15NO2S2. The molecule has 5 heteroatoms. The van der Waals surface area contributed by atoms with Gasteiger partial charge in [0.05, 0.1) is 17.5 Å². The van der Waals surface area contributed by atoms with Gasteiger partial charge in [0, 0.05) is 4.88 Å². The van der Waals surface area contributed by atoms with Gasteiger partial charge in [-0.3, -0.25) is 0 Å². The molecule has 0 saturated carbocycles. The smallest absolute Gasteiger partial charge is 0.152 e. The standard InChI is InChI=1S/C10H15NO2S2/c1-8-5-11-9(7-15(12,13)6-8)10-3-2-4-14-10/h2-4,8-9,11H,5-7H2,1H3. The van der Waals surface area contributed by atoms with Crippen molar-refractivity contribution < 1.29 is 8.42 Å². The molecule has 0 amide bonds. The fourth-order valence-electron chi connectivity index (χ4n) is 1.89. The summed E-state index contributed by atoms with van der Waals surface area (Å²) in [5.41, 5.74) is 0. The third kappa shape index (κ3) is 2.80. The minimum atomic E-state index is -2.90. The van der Waals surface area contributed by atoms with E-state index in [9.17, 15) is 8.42 Å². The number of thiophene rings is 1. The van der Waals surface area contributed by atoms with E-state index in [-0.39, 0.29) is 17.7 Å². The molecule has 0 aliphatic carbocycles. The molecule has 1 aromatic heterocycles. The van der Waals surface area contributed by atoms with Gasteiger partial charge in [0.1, 0.15) is 0 Å². The van der Waals surface area contributed by atoms with Crippen molar-refractivity contribution in [2.24, 2.45) is 5.92 Å². The van der Waals surface area contributed by atoms with E-state index in [0.29, 0.717) is 5.75 Å². The number of hydrogen-bond acceptors (Lipinski definition) is 4. The van der Waals surface area contributed by atoms with E-state index in [1.807, 2.05) is 24.4 Å². The second-order valence-electron chi connectivity index (χ2n) is 4.16. The van der Waals surface area contributed by atoms with E-state index >= 15 is 0 Å². The van der Waals surface area contributed by atoms with Crippen LogP contribution in [0.4, 0.5) is 0 Å². The predicted molar refractivity (Wildman–Crippen MR) is 62.9 cm³/mol.